The zero-order valence-electron chi connectivity index (χ0n) is 18.3. The van der Waals surface area contributed by atoms with Crippen LogP contribution in [0.1, 0.15) is 61.6 Å². The van der Waals surface area contributed by atoms with E-state index in [1.807, 2.05) is 42.7 Å². The maximum Gasteiger partial charge on any atom is 0.233 e. The molecule has 31 heavy (non-hydrogen) atoms. The molecule has 0 bridgehead atoms. The molecule has 0 aliphatic carbocycles. The summed E-state index contributed by atoms with van der Waals surface area (Å²) in [6, 6.07) is 16.4. The third kappa shape index (κ3) is 6.55. The highest BCUT2D eigenvalue weighted by molar-refractivity contribution is 6.30. The molecule has 2 aromatic rings. The minimum Gasteiger partial charge on any atom is -0.292 e. The summed E-state index contributed by atoms with van der Waals surface area (Å²) in [6.45, 7) is 8.00. The van der Waals surface area contributed by atoms with Crippen molar-refractivity contribution < 1.29 is 4.79 Å². The summed E-state index contributed by atoms with van der Waals surface area (Å²) in [7, 11) is 0. The first-order valence-corrected chi connectivity index (χ1v) is 11.6. The minimum atomic E-state index is 0.305. The molecule has 161 valence electrons. The molecule has 0 saturated carbocycles. The monoisotopic (exact) mass is 432 g/mol. The number of rotatable bonds is 10. The Balaban J connectivity index is 1.72. The van der Waals surface area contributed by atoms with Gasteiger partial charge in [0.1, 0.15) is 0 Å². The zero-order chi connectivity index (χ0) is 22.1. The number of hydrogen-bond donors (Lipinski definition) is 0. The number of hydrogen-bond acceptors (Lipinski definition) is 2. The number of unbranched alkanes of at least 4 members (excludes halogenated alkanes) is 1. The Labute approximate surface area is 191 Å². The molecular formula is C28H31ClNO. The number of benzene rings is 2. The fourth-order valence-electron chi connectivity index (χ4n) is 4.36. The molecule has 3 rings (SSSR count). The SMILES string of the molecule is C=C=CC(CC(CCCC)c1ccc(Cl)cc1)N1CC=C(c2ccc([C]=O)cc2)CC1. The van der Waals surface area contributed by atoms with Gasteiger partial charge in [-0.1, -0.05) is 80.4 Å². The topological polar surface area (TPSA) is 20.3 Å². The number of carbonyl (C=O) groups excluding carboxylic acids is 1. The lowest BCUT2D eigenvalue weighted by Gasteiger charge is -2.34. The van der Waals surface area contributed by atoms with Crippen LogP contribution < -0.4 is 0 Å². The normalized spacial score (nSPS) is 16.1. The molecule has 0 spiro atoms. The van der Waals surface area contributed by atoms with Crippen LogP contribution in [0.2, 0.25) is 5.02 Å². The molecule has 0 amide bonds. The Morgan fingerprint density at radius 3 is 2.48 bits per heavy atom. The molecule has 0 fully saturated rings. The van der Waals surface area contributed by atoms with E-state index in [9.17, 15) is 4.79 Å². The van der Waals surface area contributed by atoms with Crippen molar-refractivity contribution in [2.24, 2.45) is 0 Å². The van der Waals surface area contributed by atoms with Crippen LogP contribution in [0.5, 0.6) is 0 Å². The van der Waals surface area contributed by atoms with Crippen LogP contribution in [0, 0.1) is 0 Å². The van der Waals surface area contributed by atoms with Gasteiger partial charge in [0.05, 0.1) is 0 Å². The van der Waals surface area contributed by atoms with E-state index in [1.54, 1.807) is 0 Å². The largest absolute Gasteiger partial charge is 0.292 e. The standard InChI is InChI=1S/C28H31ClNO/c1-3-5-7-26(24-12-14-27(29)15-13-24)20-28(6-4-2)30-18-16-25(17-19-30)23-10-8-22(21-31)9-11-23/h6,8-16,26,28H,2-3,5,7,17-20H2,1H3. The average molecular weight is 433 g/mol. The van der Waals surface area contributed by atoms with Gasteiger partial charge in [-0.2, -0.15) is 0 Å². The summed E-state index contributed by atoms with van der Waals surface area (Å²) >= 11 is 6.12. The van der Waals surface area contributed by atoms with Crippen LogP contribution in [-0.2, 0) is 4.79 Å². The quantitative estimate of drug-likeness (QED) is 0.378. The first-order valence-electron chi connectivity index (χ1n) is 11.2. The Bertz CT molecular complexity index is 922. The molecule has 0 N–H and O–H groups in total. The second kappa shape index (κ2) is 11.9. The third-order valence-electron chi connectivity index (χ3n) is 6.17. The highest BCUT2D eigenvalue weighted by atomic mass is 35.5. The third-order valence-corrected chi connectivity index (χ3v) is 6.42. The highest BCUT2D eigenvalue weighted by Gasteiger charge is 2.23. The molecule has 2 atom stereocenters. The van der Waals surface area contributed by atoms with Crippen molar-refractivity contribution in [2.45, 2.75) is 51.0 Å². The molecule has 1 aliphatic rings. The van der Waals surface area contributed by atoms with Crippen LogP contribution in [-0.4, -0.2) is 30.3 Å². The molecule has 0 aromatic heterocycles. The van der Waals surface area contributed by atoms with E-state index in [0.717, 1.165) is 31.0 Å². The fraction of sp³-hybridized carbons (Fsp3) is 0.357. The van der Waals surface area contributed by atoms with E-state index in [2.05, 4.69) is 48.4 Å². The molecule has 0 saturated heterocycles. The molecule has 2 unspecified atom stereocenters. The fourth-order valence-corrected chi connectivity index (χ4v) is 4.48. The van der Waals surface area contributed by atoms with Crippen LogP contribution in [0.3, 0.4) is 0 Å². The van der Waals surface area contributed by atoms with Crippen LogP contribution in [0.4, 0.5) is 0 Å². The average Bonchev–Trinajstić information content (AvgIpc) is 2.82. The van der Waals surface area contributed by atoms with E-state index in [-0.39, 0.29) is 0 Å². The first-order chi connectivity index (χ1) is 15.1. The predicted molar refractivity (Wildman–Crippen MR) is 131 cm³/mol. The number of nitrogens with zero attached hydrogens (tertiary/aromatic N) is 1. The smallest absolute Gasteiger partial charge is 0.233 e. The van der Waals surface area contributed by atoms with Crippen molar-refractivity contribution in [1.82, 2.24) is 4.90 Å². The van der Waals surface area contributed by atoms with Crippen molar-refractivity contribution in [2.75, 3.05) is 13.1 Å². The summed E-state index contributed by atoms with van der Waals surface area (Å²) in [6.07, 6.45) is 12.0. The van der Waals surface area contributed by atoms with Crippen molar-refractivity contribution in [3.05, 3.63) is 94.7 Å². The summed E-state index contributed by atoms with van der Waals surface area (Å²) in [4.78, 5) is 13.3. The van der Waals surface area contributed by atoms with E-state index < -0.39 is 0 Å². The molecule has 2 aromatic carbocycles. The maximum atomic E-state index is 10.8. The maximum absolute atomic E-state index is 10.8. The van der Waals surface area contributed by atoms with Crippen LogP contribution in [0.15, 0.2) is 73.0 Å². The molecule has 1 heterocycles. The van der Waals surface area contributed by atoms with Gasteiger partial charge in [0, 0.05) is 29.7 Å². The molecule has 1 aliphatic heterocycles. The first kappa shape index (κ1) is 23.3. The Morgan fingerprint density at radius 2 is 1.90 bits per heavy atom. The van der Waals surface area contributed by atoms with Crippen molar-refractivity contribution >= 4 is 23.5 Å². The van der Waals surface area contributed by atoms with E-state index in [0.29, 0.717) is 17.5 Å². The molecule has 2 nitrogen and oxygen atoms in total. The van der Waals surface area contributed by atoms with Gasteiger partial charge in [-0.05, 0) is 60.1 Å². The van der Waals surface area contributed by atoms with E-state index >= 15 is 0 Å². The lowest BCUT2D eigenvalue weighted by molar-refractivity contribution is 0.230. The van der Waals surface area contributed by atoms with Crippen LogP contribution >= 0.6 is 11.6 Å². The lowest BCUT2D eigenvalue weighted by Crippen LogP contribution is -2.38. The second-order valence-electron chi connectivity index (χ2n) is 8.22. The molecule has 3 heteroatoms. The highest BCUT2D eigenvalue weighted by Crippen LogP contribution is 2.32. The van der Waals surface area contributed by atoms with Gasteiger partial charge >= 0.3 is 0 Å². The summed E-state index contributed by atoms with van der Waals surface area (Å²) in [5.74, 6) is 0.490. The molecular weight excluding hydrogens is 402 g/mol. The van der Waals surface area contributed by atoms with Crippen molar-refractivity contribution in [3.63, 3.8) is 0 Å². The Hall–Kier alpha value is -2.38. The van der Waals surface area contributed by atoms with Gasteiger partial charge in [-0.3, -0.25) is 9.69 Å². The Morgan fingerprint density at radius 1 is 1.16 bits per heavy atom. The second-order valence-corrected chi connectivity index (χ2v) is 8.65. The van der Waals surface area contributed by atoms with Gasteiger partial charge in [0.15, 0.2) is 0 Å². The summed E-state index contributed by atoms with van der Waals surface area (Å²) < 4.78 is 0. The van der Waals surface area contributed by atoms with E-state index in [4.69, 9.17) is 11.6 Å². The minimum absolute atomic E-state index is 0.305. The van der Waals surface area contributed by atoms with Gasteiger partial charge in [0.25, 0.3) is 0 Å². The zero-order valence-corrected chi connectivity index (χ0v) is 19.1. The van der Waals surface area contributed by atoms with Crippen molar-refractivity contribution in [1.29, 1.82) is 0 Å². The number of halogens is 1. The van der Waals surface area contributed by atoms with Gasteiger partial charge in [-0.15, -0.1) is 5.73 Å². The van der Waals surface area contributed by atoms with E-state index in [1.165, 1.54) is 36.0 Å². The van der Waals surface area contributed by atoms with Crippen molar-refractivity contribution in [3.8, 4) is 0 Å². The Kier molecular flexibility index (Phi) is 8.91. The lowest BCUT2D eigenvalue weighted by atomic mass is 9.86. The summed E-state index contributed by atoms with van der Waals surface area (Å²) in [5.41, 5.74) is 7.54. The molecule has 1 radical (unpaired) electrons. The predicted octanol–water partition coefficient (Wildman–Crippen LogP) is 6.96. The van der Waals surface area contributed by atoms with Gasteiger partial charge in [0.2, 0.25) is 6.29 Å². The van der Waals surface area contributed by atoms with Gasteiger partial charge < -0.3 is 0 Å². The van der Waals surface area contributed by atoms with Crippen LogP contribution in [0.25, 0.3) is 5.57 Å². The summed E-state index contributed by atoms with van der Waals surface area (Å²) in [5, 5.41) is 0.785. The van der Waals surface area contributed by atoms with Gasteiger partial charge in [-0.25, -0.2) is 0 Å².